The molecule has 0 bridgehead atoms. The van der Waals surface area contributed by atoms with Crippen molar-refractivity contribution in [1.29, 1.82) is 0 Å². The van der Waals surface area contributed by atoms with Crippen molar-refractivity contribution < 1.29 is 9.59 Å². The van der Waals surface area contributed by atoms with Crippen molar-refractivity contribution in [2.24, 2.45) is 5.92 Å². The second-order valence-corrected chi connectivity index (χ2v) is 4.43. The molecule has 2 rings (SSSR count). The maximum absolute atomic E-state index is 11.8. The van der Waals surface area contributed by atoms with E-state index in [1.165, 1.54) is 0 Å². The topological polar surface area (TPSA) is 40.6 Å². The highest BCUT2D eigenvalue weighted by atomic mass is 16.2. The van der Waals surface area contributed by atoms with E-state index < -0.39 is 0 Å². The zero-order valence-corrected chi connectivity index (χ0v) is 9.64. The lowest BCUT2D eigenvalue weighted by molar-refractivity contribution is -0.140. The minimum Gasteiger partial charge on any atom is -0.308 e. The standard InChI is InChI=1S/C12H16N2O2/c1-13(2)7-8-14-10-6-4-3-5-9(10)11(15)12(14)16/h3-4,6,9H,5,7-8H2,1-2H3. The molecular formula is C12H16N2O2. The Hall–Kier alpha value is -1.42. The van der Waals surface area contributed by atoms with Gasteiger partial charge in [-0.25, -0.2) is 0 Å². The third-order valence-corrected chi connectivity index (χ3v) is 2.99. The van der Waals surface area contributed by atoms with Crippen molar-refractivity contribution in [3.05, 3.63) is 23.9 Å². The van der Waals surface area contributed by atoms with Gasteiger partial charge in [-0.1, -0.05) is 12.2 Å². The van der Waals surface area contributed by atoms with Gasteiger partial charge in [0, 0.05) is 18.8 Å². The Labute approximate surface area is 95.2 Å². The molecular weight excluding hydrogens is 204 g/mol. The van der Waals surface area contributed by atoms with Crippen LogP contribution in [0.2, 0.25) is 0 Å². The molecule has 1 aliphatic carbocycles. The van der Waals surface area contributed by atoms with Crippen molar-refractivity contribution in [3.8, 4) is 0 Å². The molecule has 86 valence electrons. The SMILES string of the molecule is CN(C)CCN1C(=O)C(=O)C2CC=CC=C21. The van der Waals surface area contributed by atoms with Crippen LogP contribution in [0.3, 0.4) is 0 Å². The van der Waals surface area contributed by atoms with Crippen LogP contribution < -0.4 is 0 Å². The zero-order valence-electron chi connectivity index (χ0n) is 9.64. The summed E-state index contributed by atoms with van der Waals surface area (Å²) >= 11 is 0. The number of carbonyl (C=O) groups is 2. The van der Waals surface area contributed by atoms with Crippen molar-refractivity contribution in [2.75, 3.05) is 27.2 Å². The summed E-state index contributed by atoms with van der Waals surface area (Å²) < 4.78 is 0. The van der Waals surface area contributed by atoms with E-state index in [9.17, 15) is 9.59 Å². The summed E-state index contributed by atoms with van der Waals surface area (Å²) in [6.45, 7) is 1.36. The van der Waals surface area contributed by atoms with Gasteiger partial charge in [0.25, 0.3) is 5.91 Å². The molecule has 0 aromatic carbocycles. The second kappa shape index (κ2) is 4.22. The number of hydrogen-bond donors (Lipinski definition) is 0. The van der Waals surface area contributed by atoms with Crippen molar-refractivity contribution in [1.82, 2.24) is 9.80 Å². The molecule has 2 aliphatic rings. The fraction of sp³-hybridized carbons (Fsp3) is 0.500. The quantitative estimate of drug-likeness (QED) is 0.647. The van der Waals surface area contributed by atoms with Gasteiger partial charge in [0.05, 0.1) is 5.92 Å². The second-order valence-electron chi connectivity index (χ2n) is 4.43. The highest BCUT2D eigenvalue weighted by molar-refractivity contribution is 6.40. The van der Waals surface area contributed by atoms with Crippen LogP contribution in [0.5, 0.6) is 0 Å². The first-order valence-corrected chi connectivity index (χ1v) is 5.48. The molecule has 1 heterocycles. The number of Topliss-reactive ketones (excluding diaryl/α,β-unsaturated/α-hetero) is 1. The third kappa shape index (κ3) is 1.80. The van der Waals surface area contributed by atoms with Crippen molar-refractivity contribution in [2.45, 2.75) is 6.42 Å². The number of amides is 1. The zero-order chi connectivity index (χ0) is 11.7. The molecule has 0 aromatic rings. The van der Waals surface area contributed by atoms with Crippen molar-refractivity contribution in [3.63, 3.8) is 0 Å². The molecule has 1 fully saturated rings. The van der Waals surface area contributed by atoms with Crippen LogP contribution in [0.15, 0.2) is 23.9 Å². The number of hydrogen-bond acceptors (Lipinski definition) is 3. The van der Waals surface area contributed by atoms with Gasteiger partial charge < -0.3 is 9.80 Å². The largest absolute Gasteiger partial charge is 0.308 e. The summed E-state index contributed by atoms with van der Waals surface area (Å²) in [5, 5.41) is 0. The molecule has 1 saturated heterocycles. The molecule has 0 radical (unpaired) electrons. The Balaban J connectivity index is 2.16. The van der Waals surface area contributed by atoms with E-state index in [2.05, 4.69) is 0 Å². The van der Waals surface area contributed by atoms with Gasteiger partial charge >= 0.3 is 0 Å². The van der Waals surface area contributed by atoms with Crippen LogP contribution in [-0.2, 0) is 9.59 Å². The molecule has 0 N–H and O–H groups in total. The normalized spacial score (nSPS) is 24.1. The maximum atomic E-state index is 11.8. The number of likely N-dealkylation sites (tertiary alicyclic amines) is 1. The predicted octanol–water partition coefficient (Wildman–Crippen LogP) is 0.419. The van der Waals surface area contributed by atoms with Crippen LogP contribution >= 0.6 is 0 Å². The van der Waals surface area contributed by atoms with Gasteiger partial charge in [0.2, 0.25) is 5.78 Å². The Morgan fingerprint density at radius 3 is 2.88 bits per heavy atom. The summed E-state index contributed by atoms with van der Waals surface area (Å²) in [7, 11) is 3.91. The first kappa shape index (κ1) is 11.1. The monoisotopic (exact) mass is 220 g/mol. The molecule has 0 aromatic heterocycles. The maximum Gasteiger partial charge on any atom is 0.294 e. The molecule has 1 amide bonds. The van der Waals surface area contributed by atoms with Crippen LogP contribution in [0, 0.1) is 5.92 Å². The first-order chi connectivity index (χ1) is 7.61. The van der Waals surface area contributed by atoms with E-state index in [1.54, 1.807) is 4.90 Å². The van der Waals surface area contributed by atoms with Crippen LogP contribution in [-0.4, -0.2) is 48.7 Å². The Bertz CT molecular complexity index is 382. The highest BCUT2D eigenvalue weighted by Gasteiger charge is 2.42. The first-order valence-electron chi connectivity index (χ1n) is 5.48. The highest BCUT2D eigenvalue weighted by Crippen LogP contribution is 2.31. The molecule has 16 heavy (non-hydrogen) atoms. The number of fused-ring (bicyclic) bond motifs is 1. The smallest absolute Gasteiger partial charge is 0.294 e. The summed E-state index contributed by atoms with van der Waals surface area (Å²) in [6, 6.07) is 0. The fourth-order valence-corrected chi connectivity index (χ4v) is 2.07. The minimum absolute atomic E-state index is 0.223. The van der Waals surface area contributed by atoms with E-state index in [4.69, 9.17) is 0 Å². The molecule has 1 unspecified atom stereocenters. The van der Waals surface area contributed by atoms with Gasteiger partial charge in [-0.2, -0.15) is 0 Å². The Morgan fingerprint density at radius 2 is 2.19 bits per heavy atom. The lowest BCUT2D eigenvalue weighted by atomic mass is 9.96. The average Bonchev–Trinajstić information content (AvgIpc) is 2.50. The van der Waals surface area contributed by atoms with Gasteiger partial charge in [0.15, 0.2) is 0 Å². The van der Waals surface area contributed by atoms with Gasteiger partial charge in [-0.15, -0.1) is 0 Å². The Morgan fingerprint density at radius 1 is 1.44 bits per heavy atom. The number of allylic oxidation sites excluding steroid dienone is 4. The van der Waals surface area contributed by atoms with Crippen LogP contribution in [0.4, 0.5) is 0 Å². The predicted molar refractivity (Wildman–Crippen MR) is 60.6 cm³/mol. The number of likely N-dealkylation sites (N-methyl/N-ethyl adjacent to an activating group) is 1. The average molecular weight is 220 g/mol. The van der Waals surface area contributed by atoms with E-state index in [1.807, 2.05) is 37.2 Å². The number of carbonyl (C=O) groups excluding carboxylic acids is 2. The van der Waals surface area contributed by atoms with Crippen molar-refractivity contribution >= 4 is 11.7 Å². The summed E-state index contributed by atoms with van der Waals surface area (Å²) in [5.74, 6) is -0.823. The molecule has 4 nitrogen and oxygen atoms in total. The molecule has 0 spiro atoms. The van der Waals surface area contributed by atoms with E-state index >= 15 is 0 Å². The number of nitrogens with zero attached hydrogens (tertiary/aromatic N) is 2. The third-order valence-electron chi connectivity index (χ3n) is 2.99. The number of ketones is 1. The van der Waals surface area contributed by atoms with E-state index in [0.29, 0.717) is 13.0 Å². The van der Waals surface area contributed by atoms with E-state index in [-0.39, 0.29) is 17.6 Å². The lowest BCUT2D eigenvalue weighted by Gasteiger charge is -2.22. The van der Waals surface area contributed by atoms with E-state index in [0.717, 1.165) is 12.2 Å². The molecule has 1 aliphatic heterocycles. The van der Waals surface area contributed by atoms with Gasteiger partial charge in [0.1, 0.15) is 0 Å². The van der Waals surface area contributed by atoms with Crippen LogP contribution in [0.25, 0.3) is 0 Å². The number of rotatable bonds is 3. The molecule has 4 heteroatoms. The Kier molecular flexibility index (Phi) is 2.92. The fourth-order valence-electron chi connectivity index (χ4n) is 2.07. The summed E-state index contributed by atoms with van der Waals surface area (Å²) in [6.07, 6.45) is 6.40. The summed E-state index contributed by atoms with van der Waals surface area (Å²) in [5.41, 5.74) is 0.874. The summed E-state index contributed by atoms with van der Waals surface area (Å²) in [4.78, 5) is 27.1. The van der Waals surface area contributed by atoms with Gasteiger partial charge in [-0.3, -0.25) is 9.59 Å². The minimum atomic E-state index is -0.346. The lowest BCUT2D eigenvalue weighted by Crippen LogP contribution is -2.33. The molecule has 1 atom stereocenters. The van der Waals surface area contributed by atoms with Gasteiger partial charge in [-0.05, 0) is 26.6 Å². The van der Waals surface area contributed by atoms with Crippen LogP contribution in [0.1, 0.15) is 6.42 Å². The molecule has 0 saturated carbocycles.